The molecule has 8 nitrogen and oxygen atoms in total. The lowest BCUT2D eigenvalue weighted by molar-refractivity contribution is -0.142. The number of nitrogens with one attached hydrogen (secondary N) is 2. The number of rotatable bonds is 7. The van der Waals surface area contributed by atoms with Gasteiger partial charge in [0.2, 0.25) is 5.78 Å². The first-order valence-corrected chi connectivity index (χ1v) is 10.8. The maximum absolute atomic E-state index is 13.0. The maximum atomic E-state index is 13.0. The molecule has 8 heteroatoms. The van der Waals surface area contributed by atoms with E-state index in [-0.39, 0.29) is 31.5 Å². The second kappa shape index (κ2) is 12.8. The van der Waals surface area contributed by atoms with Gasteiger partial charge in [0.1, 0.15) is 13.3 Å². The van der Waals surface area contributed by atoms with Crippen LogP contribution in [0.4, 0.5) is 4.79 Å². The Morgan fingerprint density at radius 2 is 1.90 bits per heavy atom. The van der Waals surface area contributed by atoms with Gasteiger partial charge in [-0.05, 0) is 24.3 Å². The number of benzene rings is 1. The van der Waals surface area contributed by atoms with Crippen LogP contribution in [-0.2, 0) is 30.5 Å². The molecular weight excluding hydrogens is 400 g/mol. The Bertz CT molecular complexity index is 750. The Morgan fingerprint density at radius 3 is 2.61 bits per heavy atom. The summed E-state index contributed by atoms with van der Waals surface area (Å²) >= 11 is 0. The number of carbonyl (C=O) groups is 4. The summed E-state index contributed by atoms with van der Waals surface area (Å²) in [5, 5.41) is 5.06. The molecule has 1 aliphatic rings. The van der Waals surface area contributed by atoms with E-state index in [1.165, 1.54) is 0 Å². The Labute approximate surface area is 183 Å². The average molecular weight is 433 g/mol. The summed E-state index contributed by atoms with van der Waals surface area (Å²) in [6, 6.07) is 8.42. The van der Waals surface area contributed by atoms with Crippen molar-refractivity contribution in [3.63, 3.8) is 0 Å². The zero-order chi connectivity index (χ0) is 22.6. The molecular formula is C23H32N2O6. The fourth-order valence-corrected chi connectivity index (χ4v) is 3.44. The van der Waals surface area contributed by atoms with Crippen molar-refractivity contribution in [3.05, 3.63) is 35.9 Å². The Kier molecular flexibility index (Phi) is 10.2. The molecule has 0 aromatic heterocycles. The van der Waals surface area contributed by atoms with Gasteiger partial charge in [-0.25, -0.2) is 4.79 Å². The number of Topliss-reactive ketones (excluding diaryl/α,β-unsaturated/α-hetero) is 2. The van der Waals surface area contributed by atoms with Crippen LogP contribution in [0, 0.1) is 11.8 Å². The average Bonchev–Trinajstić information content (AvgIpc) is 2.79. The molecule has 2 amide bonds. The molecule has 170 valence electrons. The van der Waals surface area contributed by atoms with E-state index in [0.29, 0.717) is 13.0 Å². The van der Waals surface area contributed by atoms with Gasteiger partial charge in [-0.2, -0.15) is 0 Å². The van der Waals surface area contributed by atoms with Gasteiger partial charge >= 0.3 is 6.09 Å². The fraction of sp³-hybridized carbons (Fsp3) is 0.565. The van der Waals surface area contributed by atoms with Gasteiger partial charge in [0.05, 0.1) is 6.04 Å². The molecule has 1 heterocycles. The van der Waals surface area contributed by atoms with Crippen molar-refractivity contribution in [2.24, 2.45) is 11.8 Å². The number of hydrogen-bond acceptors (Lipinski definition) is 6. The highest BCUT2D eigenvalue weighted by atomic mass is 16.5. The van der Waals surface area contributed by atoms with E-state index in [1.54, 1.807) is 0 Å². The van der Waals surface area contributed by atoms with Crippen molar-refractivity contribution < 1.29 is 28.7 Å². The predicted octanol–water partition coefficient (Wildman–Crippen LogP) is 2.75. The van der Waals surface area contributed by atoms with Crippen LogP contribution in [0.1, 0.15) is 51.5 Å². The third-order valence-corrected chi connectivity index (χ3v) is 5.22. The van der Waals surface area contributed by atoms with E-state index in [1.807, 2.05) is 44.2 Å². The number of amides is 2. The maximum Gasteiger partial charge on any atom is 0.408 e. The number of ketones is 2. The van der Waals surface area contributed by atoms with E-state index >= 15 is 0 Å². The van der Waals surface area contributed by atoms with E-state index in [2.05, 4.69) is 10.6 Å². The highest BCUT2D eigenvalue weighted by Gasteiger charge is 2.32. The second-order valence-corrected chi connectivity index (χ2v) is 8.07. The molecule has 0 spiro atoms. The van der Waals surface area contributed by atoms with Crippen molar-refractivity contribution in [1.29, 1.82) is 0 Å². The third-order valence-electron chi connectivity index (χ3n) is 5.22. The Balaban J connectivity index is 1.97. The van der Waals surface area contributed by atoms with E-state index in [9.17, 15) is 19.2 Å². The van der Waals surface area contributed by atoms with Gasteiger partial charge in [0.25, 0.3) is 5.91 Å². The van der Waals surface area contributed by atoms with Gasteiger partial charge in [-0.15, -0.1) is 0 Å². The van der Waals surface area contributed by atoms with Crippen molar-refractivity contribution in [1.82, 2.24) is 10.6 Å². The highest BCUT2D eigenvalue weighted by molar-refractivity contribution is 6.37. The zero-order valence-electron chi connectivity index (χ0n) is 18.2. The smallest absolute Gasteiger partial charge is 0.408 e. The van der Waals surface area contributed by atoms with Crippen molar-refractivity contribution >= 4 is 23.6 Å². The summed E-state index contributed by atoms with van der Waals surface area (Å²) in [6.07, 6.45) is 2.05. The van der Waals surface area contributed by atoms with Crippen LogP contribution in [-0.4, -0.2) is 42.9 Å². The molecule has 31 heavy (non-hydrogen) atoms. The Morgan fingerprint density at radius 1 is 1.16 bits per heavy atom. The molecule has 1 aliphatic heterocycles. The second-order valence-electron chi connectivity index (χ2n) is 8.07. The van der Waals surface area contributed by atoms with Gasteiger partial charge in [0.15, 0.2) is 5.78 Å². The van der Waals surface area contributed by atoms with Crippen LogP contribution in [0.2, 0.25) is 0 Å². The summed E-state index contributed by atoms with van der Waals surface area (Å²) in [5.41, 5.74) is 0.836. The number of alkyl carbamates (subject to hydrolysis) is 1. The van der Waals surface area contributed by atoms with Crippen LogP contribution in [0.5, 0.6) is 0 Å². The molecule has 1 aromatic rings. The number of hydrogen-bond donors (Lipinski definition) is 2. The van der Waals surface area contributed by atoms with Crippen LogP contribution >= 0.6 is 0 Å². The Hall–Kier alpha value is -2.74. The topological polar surface area (TPSA) is 111 Å². The van der Waals surface area contributed by atoms with Crippen molar-refractivity contribution in [2.75, 3.05) is 13.3 Å². The largest absolute Gasteiger partial charge is 0.445 e. The molecule has 0 saturated carbocycles. The quantitative estimate of drug-likeness (QED) is 0.641. The molecule has 1 aromatic carbocycles. The summed E-state index contributed by atoms with van der Waals surface area (Å²) in [5.74, 6) is -2.56. The van der Waals surface area contributed by atoms with E-state index < -0.39 is 29.7 Å². The minimum atomic E-state index is -0.805. The van der Waals surface area contributed by atoms with Crippen molar-refractivity contribution in [2.45, 2.75) is 58.6 Å². The lowest BCUT2D eigenvalue weighted by Gasteiger charge is -2.23. The van der Waals surface area contributed by atoms with Gasteiger partial charge in [-0.1, -0.05) is 57.0 Å². The van der Waals surface area contributed by atoms with Gasteiger partial charge < -0.3 is 20.1 Å². The zero-order valence-corrected chi connectivity index (χ0v) is 18.2. The SMILES string of the molecule is CC(C)C(NC(=O)OCc1ccccc1)C(=O)CC1CCCCCOCNC(=O)C1=O. The van der Waals surface area contributed by atoms with Gasteiger partial charge in [0, 0.05) is 18.9 Å². The lowest BCUT2D eigenvalue weighted by Crippen LogP contribution is -2.46. The molecule has 0 bridgehead atoms. The first kappa shape index (κ1) is 24.5. The van der Waals surface area contributed by atoms with Crippen LogP contribution in [0.3, 0.4) is 0 Å². The van der Waals surface area contributed by atoms with E-state index in [4.69, 9.17) is 9.47 Å². The molecule has 0 radical (unpaired) electrons. The normalized spacial score (nSPS) is 19.1. The van der Waals surface area contributed by atoms with Crippen LogP contribution in [0.15, 0.2) is 30.3 Å². The summed E-state index contributed by atoms with van der Waals surface area (Å²) in [4.78, 5) is 49.8. The fourth-order valence-electron chi connectivity index (χ4n) is 3.44. The number of carbonyl (C=O) groups excluding carboxylic acids is 4. The van der Waals surface area contributed by atoms with Gasteiger partial charge in [-0.3, -0.25) is 14.4 Å². The standard InChI is InChI=1S/C23H32N2O6/c1-16(2)20(25-23(29)31-14-17-9-5-3-6-10-17)19(26)13-18-11-7-4-8-12-30-15-24-22(28)21(18)27/h3,5-6,9-10,16,18,20H,4,7-8,11-15H2,1-2H3,(H,24,28)(H,25,29). The molecule has 2 rings (SSSR count). The van der Waals surface area contributed by atoms with Crippen LogP contribution < -0.4 is 10.6 Å². The molecule has 2 N–H and O–H groups in total. The third kappa shape index (κ3) is 8.49. The molecule has 1 fully saturated rings. The summed E-state index contributed by atoms with van der Waals surface area (Å²) in [6.45, 7) is 4.21. The summed E-state index contributed by atoms with van der Waals surface area (Å²) in [7, 11) is 0. The minimum absolute atomic E-state index is 0.0192. The molecule has 2 atom stereocenters. The van der Waals surface area contributed by atoms with Crippen LogP contribution in [0.25, 0.3) is 0 Å². The molecule has 1 saturated heterocycles. The first-order valence-electron chi connectivity index (χ1n) is 10.8. The highest BCUT2D eigenvalue weighted by Crippen LogP contribution is 2.19. The van der Waals surface area contributed by atoms with E-state index in [0.717, 1.165) is 24.8 Å². The number of ether oxygens (including phenoxy) is 2. The molecule has 2 unspecified atom stereocenters. The predicted molar refractivity (Wildman–Crippen MR) is 114 cm³/mol. The molecule has 0 aliphatic carbocycles. The summed E-state index contributed by atoms with van der Waals surface area (Å²) < 4.78 is 10.5. The minimum Gasteiger partial charge on any atom is -0.445 e. The monoisotopic (exact) mass is 432 g/mol. The lowest BCUT2D eigenvalue weighted by atomic mass is 9.87. The van der Waals surface area contributed by atoms with Crippen molar-refractivity contribution in [3.8, 4) is 0 Å². The first-order chi connectivity index (χ1) is 14.9.